The number of hydrogen-bond acceptors (Lipinski definition) is 5. The predicted molar refractivity (Wildman–Crippen MR) is 148 cm³/mol. The van der Waals surface area contributed by atoms with Gasteiger partial charge in [-0.15, -0.1) is 0 Å². The lowest BCUT2D eigenvalue weighted by Crippen LogP contribution is -2.27. The quantitative estimate of drug-likeness (QED) is 0.216. The van der Waals surface area contributed by atoms with Gasteiger partial charge in [0.15, 0.2) is 11.5 Å². The number of benzene rings is 4. The number of nitrogens with zero attached hydrogens (tertiary/aromatic N) is 1. The first kappa shape index (κ1) is 24.2. The summed E-state index contributed by atoms with van der Waals surface area (Å²) in [6.07, 6.45) is 1.70. The number of halogens is 1. The number of imide groups is 1. The molecule has 0 unspecified atom stereocenters. The molecule has 0 spiro atoms. The number of carbonyl (C=O) groups is 2. The average molecular weight is 560 g/mol. The maximum atomic E-state index is 13.0. The number of hydrogen-bond donors (Lipinski definition) is 0. The molecule has 1 aliphatic heterocycles. The van der Waals surface area contributed by atoms with Gasteiger partial charge in [0, 0.05) is 4.47 Å². The molecular formula is C29H22BrNO4S. The lowest BCUT2D eigenvalue weighted by molar-refractivity contribution is -0.113. The van der Waals surface area contributed by atoms with Gasteiger partial charge in [-0.1, -0.05) is 70.5 Å². The summed E-state index contributed by atoms with van der Waals surface area (Å²) in [5.74, 6) is 0.805. The van der Waals surface area contributed by atoms with E-state index in [0.717, 1.165) is 32.7 Å². The fourth-order valence-corrected chi connectivity index (χ4v) is 5.21. The third-order valence-electron chi connectivity index (χ3n) is 5.67. The van der Waals surface area contributed by atoms with Crippen molar-refractivity contribution >= 4 is 61.4 Å². The van der Waals surface area contributed by atoms with Crippen molar-refractivity contribution in [1.29, 1.82) is 0 Å². The highest BCUT2D eigenvalue weighted by Gasteiger charge is 2.36. The number of rotatable bonds is 7. The molecule has 4 aromatic rings. The molecule has 1 saturated heterocycles. The van der Waals surface area contributed by atoms with E-state index in [1.807, 2.05) is 37.3 Å². The molecule has 7 heteroatoms. The number of fused-ring (bicyclic) bond motifs is 1. The second-order valence-electron chi connectivity index (χ2n) is 8.08. The molecule has 5 rings (SSSR count). The number of thioether (sulfide) groups is 1. The smallest absolute Gasteiger partial charge is 0.298 e. The molecule has 0 aliphatic carbocycles. The molecule has 5 nitrogen and oxygen atoms in total. The molecule has 4 aromatic carbocycles. The minimum Gasteiger partial charge on any atom is -0.490 e. The Hall–Kier alpha value is -3.55. The zero-order chi connectivity index (χ0) is 25.1. The molecule has 36 heavy (non-hydrogen) atoms. The second-order valence-corrected chi connectivity index (χ2v) is 9.92. The van der Waals surface area contributed by atoms with Gasteiger partial charge in [-0.3, -0.25) is 9.59 Å². The lowest BCUT2D eigenvalue weighted by Gasteiger charge is -2.15. The van der Waals surface area contributed by atoms with Gasteiger partial charge in [0.05, 0.1) is 17.2 Å². The van der Waals surface area contributed by atoms with Crippen LogP contribution in [0.15, 0.2) is 94.3 Å². The van der Waals surface area contributed by atoms with Gasteiger partial charge >= 0.3 is 0 Å². The molecule has 1 fully saturated rings. The van der Waals surface area contributed by atoms with E-state index < -0.39 is 0 Å². The Morgan fingerprint density at radius 2 is 1.58 bits per heavy atom. The van der Waals surface area contributed by atoms with Crippen LogP contribution >= 0.6 is 27.7 Å². The number of carbonyl (C=O) groups excluding carboxylic acids is 2. The van der Waals surface area contributed by atoms with Crippen LogP contribution in [0.25, 0.3) is 16.8 Å². The minimum absolute atomic E-state index is 0.325. The van der Waals surface area contributed by atoms with Crippen LogP contribution in [0.4, 0.5) is 10.5 Å². The SMILES string of the molecule is CCOc1cc(/C=C2\SC(=O)N(c3ccccc3)C2=O)c(Br)cc1OCc1ccc2ccccc2c1. The Morgan fingerprint density at radius 3 is 2.36 bits per heavy atom. The van der Waals surface area contributed by atoms with E-state index >= 15 is 0 Å². The first-order valence-corrected chi connectivity index (χ1v) is 13.0. The van der Waals surface area contributed by atoms with Crippen molar-refractivity contribution in [2.45, 2.75) is 13.5 Å². The minimum atomic E-state index is -0.349. The van der Waals surface area contributed by atoms with Crippen molar-refractivity contribution in [1.82, 2.24) is 0 Å². The van der Waals surface area contributed by atoms with E-state index in [1.54, 1.807) is 30.3 Å². The molecule has 0 N–H and O–H groups in total. The summed E-state index contributed by atoms with van der Waals surface area (Å²) < 4.78 is 12.7. The highest BCUT2D eigenvalue weighted by Crippen LogP contribution is 2.39. The monoisotopic (exact) mass is 559 g/mol. The van der Waals surface area contributed by atoms with Crippen molar-refractivity contribution in [2.75, 3.05) is 11.5 Å². The fourth-order valence-electron chi connectivity index (χ4n) is 3.94. The van der Waals surface area contributed by atoms with Crippen molar-refractivity contribution in [2.24, 2.45) is 0 Å². The van der Waals surface area contributed by atoms with Gasteiger partial charge in [-0.2, -0.15) is 0 Å². The Balaban J connectivity index is 1.40. The van der Waals surface area contributed by atoms with E-state index in [1.165, 1.54) is 10.3 Å². The first-order valence-electron chi connectivity index (χ1n) is 11.4. The molecular weight excluding hydrogens is 538 g/mol. The van der Waals surface area contributed by atoms with Gasteiger partial charge in [0.25, 0.3) is 11.1 Å². The summed E-state index contributed by atoms with van der Waals surface area (Å²) >= 11 is 4.51. The van der Waals surface area contributed by atoms with Crippen molar-refractivity contribution in [3.63, 3.8) is 0 Å². The number of amides is 2. The molecule has 2 amide bonds. The summed E-state index contributed by atoms with van der Waals surface area (Å²) in [5.41, 5.74) is 2.32. The number of para-hydroxylation sites is 1. The summed E-state index contributed by atoms with van der Waals surface area (Å²) in [6, 6.07) is 27.0. The van der Waals surface area contributed by atoms with E-state index in [0.29, 0.717) is 35.3 Å². The van der Waals surface area contributed by atoms with Crippen LogP contribution in [-0.2, 0) is 11.4 Å². The first-order chi connectivity index (χ1) is 17.5. The van der Waals surface area contributed by atoms with Gasteiger partial charge in [0.1, 0.15) is 6.61 Å². The second kappa shape index (κ2) is 10.6. The molecule has 1 heterocycles. The van der Waals surface area contributed by atoms with E-state index in [4.69, 9.17) is 9.47 Å². The third-order valence-corrected chi connectivity index (χ3v) is 7.22. The van der Waals surface area contributed by atoms with E-state index in [2.05, 4.69) is 46.3 Å². The summed E-state index contributed by atoms with van der Waals surface area (Å²) in [4.78, 5) is 27.1. The molecule has 1 aliphatic rings. The zero-order valence-electron chi connectivity index (χ0n) is 19.4. The Kier molecular flexibility index (Phi) is 7.11. The Morgan fingerprint density at radius 1 is 0.861 bits per heavy atom. The highest BCUT2D eigenvalue weighted by molar-refractivity contribution is 9.10. The number of anilines is 1. The number of ether oxygens (including phenoxy) is 2. The molecule has 0 bridgehead atoms. The summed E-state index contributed by atoms with van der Waals surface area (Å²) in [6.45, 7) is 2.74. The van der Waals surface area contributed by atoms with E-state index in [9.17, 15) is 9.59 Å². The van der Waals surface area contributed by atoms with E-state index in [-0.39, 0.29) is 11.1 Å². The summed E-state index contributed by atoms with van der Waals surface area (Å²) in [5, 5.41) is 2.01. The molecule has 0 atom stereocenters. The van der Waals surface area contributed by atoms with Crippen LogP contribution in [0.5, 0.6) is 11.5 Å². The largest absolute Gasteiger partial charge is 0.490 e. The molecule has 0 saturated carbocycles. The normalized spacial score (nSPS) is 14.6. The van der Waals surface area contributed by atoms with Crippen molar-refractivity contribution in [3.05, 3.63) is 105 Å². The van der Waals surface area contributed by atoms with Crippen molar-refractivity contribution < 1.29 is 19.1 Å². The van der Waals surface area contributed by atoms with Crippen LogP contribution in [0.3, 0.4) is 0 Å². The van der Waals surface area contributed by atoms with Crippen LogP contribution in [-0.4, -0.2) is 17.8 Å². The lowest BCUT2D eigenvalue weighted by atomic mass is 10.1. The molecule has 0 radical (unpaired) electrons. The van der Waals surface area contributed by atoms with Gasteiger partial charge in [-0.05, 0) is 77.0 Å². The molecule has 180 valence electrons. The highest BCUT2D eigenvalue weighted by atomic mass is 79.9. The fraction of sp³-hybridized carbons (Fsp3) is 0.103. The third kappa shape index (κ3) is 5.03. The maximum absolute atomic E-state index is 13.0. The van der Waals surface area contributed by atoms with Gasteiger partial charge < -0.3 is 9.47 Å². The van der Waals surface area contributed by atoms with Crippen LogP contribution < -0.4 is 14.4 Å². The maximum Gasteiger partial charge on any atom is 0.298 e. The summed E-state index contributed by atoms with van der Waals surface area (Å²) in [7, 11) is 0. The molecule has 0 aromatic heterocycles. The van der Waals surface area contributed by atoms with Gasteiger partial charge in [0.2, 0.25) is 0 Å². The van der Waals surface area contributed by atoms with Gasteiger partial charge in [-0.25, -0.2) is 4.90 Å². The average Bonchev–Trinajstić information content (AvgIpc) is 3.17. The van der Waals surface area contributed by atoms with Crippen LogP contribution in [0, 0.1) is 0 Å². The predicted octanol–water partition coefficient (Wildman–Crippen LogP) is 7.82. The Bertz CT molecular complexity index is 1490. The topological polar surface area (TPSA) is 55.8 Å². The van der Waals surface area contributed by atoms with Crippen LogP contribution in [0.2, 0.25) is 0 Å². The standard InChI is InChI=1S/C29H22BrNO4S/c1-2-34-25-15-22(16-27-28(32)31(29(33)36-27)23-10-4-3-5-11-23)24(30)17-26(25)35-18-19-12-13-20-8-6-7-9-21(20)14-19/h3-17H,2,18H2,1H3/b27-16-. The zero-order valence-corrected chi connectivity index (χ0v) is 21.8. The Labute approximate surface area is 221 Å². The van der Waals surface area contributed by atoms with Crippen molar-refractivity contribution in [3.8, 4) is 11.5 Å². The van der Waals surface area contributed by atoms with Crippen LogP contribution in [0.1, 0.15) is 18.1 Å².